The van der Waals surface area contributed by atoms with Crippen LogP contribution < -0.4 is 10.5 Å². The van der Waals surface area contributed by atoms with E-state index < -0.39 is 20.8 Å². The van der Waals surface area contributed by atoms with Gasteiger partial charge in [0.2, 0.25) is 5.09 Å². The van der Waals surface area contributed by atoms with Gasteiger partial charge in [-0.1, -0.05) is 30.3 Å². The molecule has 0 saturated heterocycles. The van der Waals surface area contributed by atoms with Gasteiger partial charge in [-0.05, 0) is 35.9 Å². The molecule has 148 valence electrons. The van der Waals surface area contributed by atoms with Crippen molar-refractivity contribution in [1.82, 2.24) is 4.98 Å². The lowest BCUT2D eigenvalue weighted by atomic mass is 10.2. The van der Waals surface area contributed by atoms with Crippen LogP contribution in [0.25, 0.3) is 11.0 Å². The SMILES string of the molecule is Nc1cccc(CS(=O)c2ncccc2NS(=O)(=O)c2cc3ccccc3o2)c1. The quantitative estimate of drug-likeness (QED) is 0.455. The number of nitrogens with one attached hydrogen (secondary N) is 1. The number of hydrogen-bond acceptors (Lipinski definition) is 6. The van der Waals surface area contributed by atoms with Crippen LogP contribution >= 0.6 is 0 Å². The number of fused-ring (bicyclic) bond motifs is 1. The molecule has 0 bridgehead atoms. The molecule has 1 atom stereocenters. The monoisotopic (exact) mass is 427 g/mol. The van der Waals surface area contributed by atoms with Crippen molar-refractivity contribution in [2.45, 2.75) is 15.9 Å². The van der Waals surface area contributed by atoms with Gasteiger partial charge in [-0.25, -0.2) is 4.98 Å². The van der Waals surface area contributed by atoms with Crippen molar-refractivity contribution in [2.75, 3.05) is 10.5 Å². The molecule has 0 aliphatic heterocycles. The predicted octanol–water partition coefficient (Wildman–Crippen LogP) is 3.52. The second-order valence-electron chi connectivity index (χ2n) is 6.30. The number of furan rings is 1. The summed E-state index contributed by atoms with van der Waals surface area (Å²) in [4.78, 5) is 4.13. The minimum absolute atomic E-state index is 0.134. The number of nitrogen functional groups attached to an aromatic ring is 1. The summed E-state index contributed by atoms with van der Waals surface area (Å²) in [6.45, 7) is 0. The summed E-state index contributed by atoms with van der Waals surface area (Å²) in [5.41, 5.74) is 7.69. The minimum Gasteiger partial charge on any atom is -0.443 e. The smallest absolute Gasteiger partial charge is 0.295 e. The maximum absolute atomic E-state index is 12.9. The number of para-hydroxylation sites is 1. The van der Waals surface area contributed by atoms with Gasteiger partial charge in [0.1, 0.15) is 5.58 Å². The first-order valence-corrected chi connectivity index (χ1v) is 11.4. The Morgan fingerprint density at radius 1 is 1.03 bits per heavy atom. The van der Waals surface area contributed by atoms with Crippen LogP contribution in [-0.2, 0) is 26.6 Å². The molecule has 2 aromatic carbocycles. The second-order valence-corrected chi connectivity index (χ2v) is 9.28. The van der Waals surface area contributed by atoms with Crippen molar-refractivity contribution in [1.29, 1.82) is 0 Å². The highest BCUT2D eigenvalue weighted by atomic mass is 32.2. The summed E-state index contributed by atoms with van der Waals surface area (Å²) >= 11 is 0. The Hall–Kier alpha value is -3.17. The average Bonchev–Trinajstić information content (AvgIpc) is 3.13. The molecule has 0 aliphatic carbocycles. The zero-order valence-corrected chi connectivity index (χ0v) is 16.7. The molecule has 3 N–H and O–H groups in total. The fourth-order valence-electron chi connectivity index (χ4n) is 2.84. The number of nitrogens with zero attached hydrogens (tertiary/aromatic N) is 1. The molecule has 4 rings (SSSR count). The van der Waals surface area contributed by atoms with Crippen molar-refractivity contribution in [3.05, 3.63) is 78.5 Å². The fourth-order valence-corrected chi connectivity index (χ4v) is 5.10. The van der Waals surface area contributed by atoms with Crippen LogP contribution in [0.1, 0.15) is 5.56 Å². The molecule has 0 aliphatic rings. The minimum atomic E-state index is -4.02. The van der Waals surface area contributed by atoms with Crippen molar-refractivity contribution >= 4 is 43.2 Å². The van der Waals surface area contributed by atoms with Crippen LogP contribution in [0.2, 0.25) is 0 Å². The molecule has 0 fully saturated rings. The van der Waals surface area contributed by atoms with E-state index in [1.54, 1.807) is 54.6 Å². The van der Waals surface area contributed by atoms with Gasteiger partial charge in [-0.3, -0.25) is 8.93 Å². The molecule has 1 unspecified atom stereocenters. The molecular weight excluding hydrogens is 410 g/mol. The predicted molar refractivity (Wildman–Crippen MR) is 112 cm³/mol. The zero-order chi connectivity index (χ0) is 20.4. The lowest BCUT2D eigenvalue weighted by molar-refractivity contribution is 0.484. The van der Waals surface area contributed by atoms with Gasteiger partial charge < -0.3 is 10.2 Å². The van der Waals surface area contributed by atoms with E-state index in [-0.39, 0.29) is 21.6 Å². The number of benzene rings is 2. The standard InChI is InChI=1S/C20H17N3O4S2/c21-16-7-3-5-14(11-16)13-28(24)20-17(8-4-10-22-20)23-29(25,26)19-12-15-6-1-2-9-18(15)27-19/h1-12,23H,13,21H2. The Kier molecular flexibility index (Phi) is 5.08. The van der Waals surface area contributed by atoms with E-state index in [9.17, 15) is 12.6 Å². The van der Waals surface area contributed by atoms with Crippen molar-refractivity contribution < 1.29 is 17.0 Å². The molecule has 2 heterocycles. The maximum atomic E-state index is 12.9. The first kappa shape index (κ1) is 19.2. The number of nitrogens with two attached hydrogens (primary N) is 1. The summed E-state index contributed by atoms with van der Waals surface area (Å²) < 4.78 is 46.4. The first-order chi connectivity index (χ1) is 13.9. The van der Waals surface area contributed by atoms with Gasteiger partial charge in [0.25, 0.3) is 10.0 Å². The van der Waals surface area contributed by atoms with Gasteiger partial charge in [-0.2, -0.15) is 8.42 Å². The van der Waals surface area contributed by atoms with E-state index in [0.29, 0.717) is 16.7 Å². The number of rotatable bonds is 6. The number of aromatic nitrogens is 1. The summed E-state index contributed by atoms with van der Waals surface area (Å²) in [5.74, 6) is 0.154. The Bertz CT molecular complexity index is 1280. The van der Waals surface area contributed by atoms with Crippen molar-refractivity contribution in [3.8, 4) is 0 Å². The molecule has 9 heteroatoms. The number of anilines is 2. The number of pyridine rings is 1. The Balaban J connectivity index is 1.63. The third-order valence-electron chi connectivity index (χ3n) is 4.15. The summed E-state index contributed by atoms with van der Waals surface area (Å²) in [6, 6.07) is 18.5. The lowest BCUT2D eigenvalue weighted by Gasteiger charge is -2.10. The molecule has 0 radical (unpaired) electrons. The van der Waals surface area contributed by atoms with E-state index >= 15 is 0 Å². The van der Waals surface area contributed by atoms with E-state index in [1.165, 1.54) is 18.3 Å². The third-order valence-corrected chi connectivity index (χ3v) is 6.72. The molecule has 0 saturated carbocycles. The van der Waals surface area contributed by atoms with Crippen LogP contribution in [0, 0.1) is 0 Å². The largest absolute Gasteiger partial charge is 0.443 e. The lowest BCUT2D eigenvalue weighted by Crippen LogP contribution is -2.15. The van der Waals surface area contributed by atoms with Crippen LogP contribution in [-0.4, -0.2) is 17.6 Å². The van der Waals surface area contributed by atoms with Crippen LogP contribution in [0.3, 0.4) is 0 Å². The van der Waals surface area contributed by atoms with Gasteiger partial charge in [0.15, 0.2) is 5.03 Å². The highest BCUT2D eigenvalue weighted by Gasteiger charge is 2.23. The topological polar surface area (TPSA) is 115 Å². The number of hydrogen-bond donors (Lipinski definition) is 2. The van der Waals surface area contributed by atoms with Gasteiger partial charge in [0, 0.05) is 23.3 Å². The van der Waals surface area contributed by atoms with Gasteiger partial charge >= 0.3 is 0 Å². The molecule has 0 amide bonds. The molecule has 7 nitrogen and oxygen atoms in total. The Morgan fingerprint density at radius 3 is 2.66 bits per heavy atom. The van der Waals surface area contributed by atoms with E-state index in [4.69, 9.17) is 10.2 Å². The third kappa shape index (κ3) is 4.15. The Labute approximate surface area is 170 Å². The second kappa shape index (κ2) is 7.69. The van der Waals surface area contributed by atoms with Crippen molar-refractivity contribution in [2.24, 2.45) is 0 Å². The molecular formula is C20H17N3O4S2. The normalized spacial score (nSPS) is 12.7. The van der Waals surface area contributed by atoms with Crippen LogP contribution in [0.4, 0.5) is 11.4 Å². The fraction of sp³-hybridized carbons (Fsp3) is 0.0500. The summed E-state index contributed by atoms with van der Waals surface area (Å²) in [7, 11) is -5.61. The zero-order valence-electron chi connectivity index (χ0n) is 15.1. The highest BCUT2D eigenvalue weighted by Crippen LogP contribution is 2.26. The molecule has 4 aromatic rings. The highest BCUT2D eigenvalue weighted by molar-refractivity contribution is 7.92. The molecule has 2 aromatic heterocycles. The van der Waals surface area contributed by atoms with Gasteiger partial charge in [0.05, 0.1) is 22.2 Å². The summed E-state index contributed by atoms with van der Waals surface area (Å²) in [6.07, 6.45) is 1.46. The van der Waals surface area contributed by atoms with Crippen molar-refractivity contribution in [3.63, 3.8) is 0 Å². The van der Waals surface area contributed by atoms with E-state index in [1.807, 2.05) is 0 Å². The first-order valence-electron chi connectivity index (χ1n) is 8.61. The van der Waals surface area contributed by atoms with Crippen LogP contribution in [0.5, 0.6) is 0 Å². The Morgan fingerprint density at radius 2 is 1.86 bits per heavy atom. The van der Waals surface area contributed by atoms with Crippen LogP contribution in [0.15, 0.2) is 87.5 Å². The molecule has 29 heavy (non-hydrogen) atoms. The molecule has 0 spiro atoms. The van der Waals surface area contributed by atoms with E-state index in [0.717, 1.165) is 5.56 Å². The van der Waals surface area contributed by atoms with E-state index in [2.05, 4.69) is 9.71 Å². The average molecular weight is 428 g/mol. The number of sulfonamides is 1. The maximum Gasteiger partial charge on any atom is 0.295 e. The summed E-state index contributed by atoms with van der Waals surface area (Å²) in [5, 5.41) is 0.578. The van der Waals surface area contributed by atoms with Gasteiger partial charge in [-0.15, -0.1) is 0 Å².